The zero-order valence-electron chi connectivity index (χ0n) is 21.2. The summed E-state index contributed by atoms with van der Waals surface area (Å²) < 4.78 is 16.1. The monoisotopic (exact) mass is 466 g/mol. The lowest BCUT2D eigenvalue weighted by Crippen LogP contribution is -2.54. The summed E-state index contributed by atoms with van der Waals surface area (Å²) in [5, 5.41) is 0. The number of hydrogen-bond acceptors (Lipinski definition) is 4. The zero-order valence-corrected chi connectivity index (χ0v) is 22.1. The van der Waals surface area contributed by atoms with Gasteiger partial charge in [-0.05, 0) is 110 Å². The number of rotatable bonds is 7. The topological polar surface area (TPSA) is 72.4 Å². The summed E-state index contributed by atoms with van der Waals surface area (Å²) in [6, 6.07) is 0. The maximum atomic E-state index is 11.2. The molecule has 4 fully saturated rings. The summed E-state index contributed by atoms with van der Waals surface area (Å²) in [5.74, 6) is 5.52. The van der Waals surface area contributed by atoms with Crippen molar-refractivity contribution in [2.75, 3.05) is 0 Å². The molecule has 0 heterocycles. The van der Waals surface area contributed by atoms with Crippen LogP contribution < -0.4 is 9.79 Å². The van der Waals surface area contributed by atoms with Crippen molar-refractivity contribution in [1.82, 2.24) is 0 Å². The Labute approximate surface area is 196 Å². The van der Waals surface area contributed by atoms with Gasteiger partial charge in [-0.2, -0.15) is 0 Å². The van der Waals surface area contributed by atoms with E-state index in [0.717, 1.165) is 54.8 Å². The van der Waals surface area contributed by atoms with Crippen LogP contribution in [-0.2, 0) is 9.09 Å². The fourth-order valence-electron chi connectivity index (χ4n) is 9.52. The van der Waals surface area contributed by atoms with Crippen LogP contribution in [0.2, 0.25) is 0 Å². The van der Waals surface area contributed by atoms with Crippen LogP contribution in [0.25, 0.3) is 0 Å². The average Bonchev–Trinajstić information content (AvgIpc) is 3.04. The quantitative estimate of drug-likeness (QED) is 0.412. The predicted molar refractivity (Wildman–Crippen MR) is 126 cm³/mol. The van der Waals surface area contributed by atoms with Crippen molar-refractivity contribution < 1.29 is 18.9 Å². The average molecular weight is 467 g/mol. The van der Waals surface area contributed by atoms with Crippen molar-refractivity contribution in [3.05, 3.63) is 0 Å². The van der Waals surface area contributed by atoms with E-state index in [0.29, 0.717) is 16.7 Å². The van der Waals surface area contributed by atoms with Gasteiger partial charge in [0, 0.05) is 0 Å². The first-order chi connectivity index (χ1) is 14.9. The molecule has 0 aromatic rings. The molecule has 4 saturated carbocycles. The molecule has 0 spiro atoms. The highest BCUT2D eigenvalue weighted by atomic mass is 31.2. The highest BCUT2D eigenvalue weighted by molar-refractivity contribution is 7.43. The Morgan fingerprint density at radius 1 is 0.906 bits per heavy atom. The fraction of sp³-hybridized carbons (Fsp3) is 1.00. The van der Waals surface area contributed by atoms with Crippen LogP contribution in [0.5, 0.6) is 0 Å². The SMILES string of the molecule is CC(C)CCC[C@@H](C)[C@H]1CC[C@H]2[C@@H]3CC[C@H]4C[C@@H](OP(=O)([O-])[O-])CC[C@]4(C)[C@H]3CC[C@]12C. The Morgan fingerprint density at radius 3 is 2.28 bits per heavy atom. The molecule has 0 unspecified atom stereocenters. The van der Waals surface area contributed by atoms with Crippen LogP contribution in [0.1, 0.15) is 112 Å². The number of hydrogen-bond donors (Lipinski definition) is 0. The van der Waals surface area contributed by atoms with E-state index in [-0.39, 0.29) is 6.10 Å². The normalized spacial score (nSPS) is 45.2. The molecule has 0 aromatic carbocycles. The van der Waals surface area contributed by atoms with E-state index >= 15 is 0 Å². The van der Waals surface area contributed by atoms with Gasteiger partial charge in [0.25, 0.3) is 0 Å². The van der Waals surface area contributed by atoms with Crippen LogP contribution in [0.15, 0.2) is 0 Å². The highest BCUT2D eigenvalue weighted by Gasteiger charge is 2.60. The van der Waals surface area contributed by atoms with Crippen LogP contribution in [-0.4, -0.2) is 6.10 Å². The van der Waals surface area contributed by atoms with Gasteiger partial charge in [0.15, 0.2) is 0 Å². The second-order valence-corrected chi connectivity index (χ2v) is 14.2. The summed E-state index contributed by atoms with van der Waals surface area (Å²) >= 11 is 0. The van der Waals surface area contributed by atoms with Gasteiger partial charge in [-0.3, -0.25) is 0 Å². The van der Waals surface area contributed by atoms with Crippen molar-refractivity contribution in [3.63, 3.8) is 0 Å². The second kappa shape index (κ2) is 9.29. The van der Waals surface area contributed by atoms with Gasteiger partial charge in [-0.25, -0.2) is 0 Å². The first kappa shape index (κ1) is 25.2. The zero-order chi connectivity index (χ0) is 23.3. The number of phosphoric ester groups is 1. The maximum Gasteiger partial charge on any atom is 0.0630 e. The molecule has 32 heavy (non-hydrogen) atoms. The molecule has 4 aliphatic carbocycles. The van der Waals surface area contributed by atoms with Crippen molar-refractivity contribution >= 4 is 7.82 Å². The Bertz CT molecular complexity index is 704. The lowest BCUT2D eigenvalue weighted by Gasteiger charge is -2.61. The molecule has 0 bridgehead atoms. The van der Waals surface area contributed by atoms with Gasteiger partial charge in [0.1, 0.15) is 0 Å². The summed E-state index contributed by atoms with van der Waals surface area (Å²) in [6.07, 6.45) is 14.3. The van der Waals surface area contributed by atoms with Crippen LogP contribution >= 0.6 is 7.82 Å². The molecule has 5 heteroatoms. The third-order valence-corrected chi connectivity index (χ3v) is 11.7. The highest BCUT2D eigenvalue weighted by Crippen LogP contribution is 2.68. The summed E-state index contributed by atoms with van der Waals surface area (Å²) in [7, 11) is -4.89. The van der Waals surface area contributed by atoms with Crippen molar-refractivity contribution in [2.24, 2.45) is 52.3 Å². The van der Waals surface area contributed by atoms with Crippen LogP contribution in [0.3, 0.4) is 0 Å². The van der Waals surface area contributed by atoms with E-state index in [2.05, 4.69) is 34.6 Å². The van der Waals surface area contributed by atoms with Gasteiger partial charge in [-0.1, -0.05) is 53.9 Å². The van der Waals surface area contributed by atoms with Gasteiger partial charge in [-0.15, -0.1) is 0 Å². The van der Waals surface area contributed by atoms with Gasteiger partial charge in [0.2, 0.25) is 0 Å². The summed E-state index contributed by atoms with van der Waals surface area (Å²) in [6.45, 7) is 12.4. The van der Waals surface area contributed by atoms with E-state index in [1.807, 2.05) is 0 Å². The molecule has 0 N–H and O–H groups in total. The molecule has 0 radical (unpaired) electrons. The van der Waals surface area contributed by atoms with E-state index in [4.69, 9.17) is 4.52 Å². The largest absolute Gasteiger partial charge is 0.790 e. The Balaban J connectivity index is 1.43. The summed E-state index contributed by atoms with van der Waals surface area (Å²) in [5.41, 5.74) is 0.806. The molecule has 4 aliphatic rings. The lowest BCUT2D eigenvalue weighted by molar-refractivity contribution is -0.346. The third kappa shape index (κ3) is 4.77. The molecule has 0 amide bonds. The maximum absolute atomic E-state index is 11.2. The molecular formula is C27H47O4P-2. The summed E-state index contributed by atoms with van der Waals surface area (Å²) in [4.78, 5) is 22.3. The Morgan fingerprint density at radius 2 is 1.59 bits per heavy atom. The minimum atomic E-state index is -4.89. The molecule has 9 atom stereocenters. The second-order valence-electron chi connectivity index (χ2n) is 13.1. The smallest absolute Gasteiger partial charge is 0.0630 e. The molecule has 4 nitrogen and oxygen atoms in total. The fourth-order valence-corrected chi connectivity index (χ4v) is 10.1. The molecule has 0 aliphatic heterocycles. The lowest BCUT2D eigenvalue weighted by atomic mass is 9.44. The van der Waals surface area contributed by atoms with E-state index < -0.39 is 7.82 Å². The molecular weight excluding hydrogens is 419 g/mol. The van der Waals surface area contributed by atoms with E-state index in [1.54, 1.807) is 0 Å². The minimum absolute atomic E-state index is 0.292. The van der Waals surface area contributed by atoms with Crippen molar-refractivity contribution in [3.8, 4) is 0 Å². The van der Waals surface area contributed by atoms with Gasteiger partial charge < -0.3 is 18.9 Å². The van der Waals surface area contributed by atoms with E-state index in [1.165, 1.54) is 57.8 Å². The molecule has 0 aromatic heterocycles. The number of phosphoric acid groups is 1. The number of fused-ring (bicyclic) bond motifs is 5. The predicted octanol–water partition coefficient (Wildman–Crippen LogP) is 6.32. The Hall–Kier alpha value is 0.110. The first-order valence-electron chi connectivity index (χ1n) is 13.6. The van der Waals surface area contributed by atoms with Crippen molar-refractivity contribution in [1.29, 1.82) is 0 Å². The standard InChI is InChI=1S/C27H49O4P/c1-18(2)7-6-8-19(3)23-11-12-24-22-10-9-20-17-21(31-32(28,29)30)13-15-26(20,4)25(22)14-16-27(23,24)5/h18-25H,6-17H2,1-5H3,(H2,28,29,30)/p-2/t19-,20+,21+,22+,23-,24+,25+,26+,27-/m1/s1. The van der Waals surface area contributed by atoms with E-state index in [9.17, 15) is 14.4 Å². The molecule has 186 valence electrons. The molecule has 4 rings (SSSR count). The third-order valence-electron chi connectivity index (χ3n) is 11.1. The first-order valence-corrected chi connectivity index (χ1v) is 15.1. The van der Waals surface area contributed by atoms with Gasteiger partial charge >= 0.3 is 0 Å². The van der Waals surface area contributed by atoms with Crippen LogP contribution in [0.4, 0.5) is 0 Å². The van der Waals surface area contributed by atoms with Gasteiger partial charge in [0.05, 0.1) is 13.9 Å². The Kier molecular flexibility index (Phi) is 7.32. The van der Waals surface area contributed by atoms with Crippen LogP contribution in [0, 0.1) is 52.3 Å². The molecule has 0 saturated heterocycles. The minimum Gasteiger partial charge on any atom is -0.790 e. The van der Waals surface area contributed by atoms with Crippen molar-refractivity contribution in [2.45, 2.75) is 118 Å².